The molecule has 6 heteroatoms. The first-order valence-corrected chi connectivity index (χ1v) is 14.2. The van der Waals surface area contributed by atoms with E-state index in [4.69, 9.17) is 18.6 Å². The minimum atomic E-state index is -0.434. The van der Waals surface area contributed by atoms with Gasteiger partial charge in [0, 0.05) is 5.56 Å². The first kappa shape index (κ1) is 28.2. The zero-order valence-electron chi connectivity index (χ0n) is 23.1. The number of ether oxygens (including phenoxy) is 3. The van der Waals surface area contributed by atoms with Crippen LogP contribution in [0.2, 0.25) is 0 Å². The van der Waals surface area contributed by atoms with Gasteiger partial charge in [0.25, 0.3) is 0 Å². The number of esters is 1. The van der Waals surface area contributed by atoms with E-state index in [-0.39, 0.29) is 0 Å². The van der Waals surface area contributed by atoms with Crippen LogP contribution in [0.25, 0.3) is 22.6 Å². The number of hydrogen-bond acceptors (Lipinski definition) is 6. The van der Waals surface area contributed by atoms with Gasteiger partial charge in [-0.2, -0.15) is 0 Å². The van der Waals surface area contributed by atoms with Gasteiger partial charge < -0.3 is 18.6 Å². The van der Waals surface area contributed by atoms with Gasteiger partial charge in [-0.3, -0.25) is 0 Å². The van der Waals surface area contributed by atoms with E-state index in [9.17, 15) is 4.79 Å². The maximum absolute atomic E-state index is 12.4. The molecule has 0 N–H and O–H groups in total. The Morgan fingerprint density at radius 1 is 0.769 bits per heavy atom. The maximum Gasteiger partial charge on any atom is 0.343 e. The number of carbonyl (C=O) groups excluding carboxylic acids is 1. The number of fused-ring (bicyclic) bond motifs is 1. The average Bonchev–Trinajstić information content (AvgIpc) is 3.41. The molecule has 0 aliphatic carbocycles. The van der Waals surface area contributed by atoms with Crippen LogP contribution in [0.1, 0.15) is 81.5 Å². The van der Waals surface area contributed by atoms with Crippen LogP contribution in [0.4, 0.5) is 0 Å². The van der Waals surface area contributed by atoms with Gasteiger partial charge in [-0.15, -0.1) is 0 Å². The zero-order valence-corrected chi connectivity index (χ0v) is 23.1. The Bertz CT molecular complexity index is 1290. The molecule has 0 saturated carbocycles. The highest BCUT2D eigenvalue weighted by molar-refractivity contribution is 5.91. The highest BCUT2D eigenvalue weighted by Crippen LogP contribution is 2.31. The molecular formula is C33H39NO5. The fourth-order valence-corrected chi connectivity index (χ4v) is 4.49. The number of methoxy groups -OCH3 is 1. The molecule has 0 atom stereocenters. The van der Waals surface area contributed by atoms with Crippen molar-refractivity contribution < 1.29 is 23.4 Å². The Kier molecular flexibility index (Phi) is 10.8. The summed E-state index contributed by atoms with van der Waals surface area (Å²) in [7, 11) is 1.58. The van der Waals surface area contributed by atoms with Crippen LogP contribution in [-0.4, -0.2) is 24.7 Å². The van der Waals surface area contributed by atoms with E-state index in [1.165, 1.54) is 57.8 Å². The van der Waals surface area contributed by atoms with E-state index in [0.29, 0.717) is 40.9 Å². The lowest BCUT2D eigenvalue weighted by Gasteiger charge is -2.06. The molecule has 3 aromatic carbocycles. The second-order valence-electron chi connectivity index (χ2n) is 9.80. The van der Waals surface area contributed by atoms with Crippen molar-refractivity contribution in [2.75, 3.05) is 13.7 Å². The topological polar surface area (TPSA) is 70.8 Å². The number of carbonyl (C=O) groups is 1. The van der Waals surface area contributed by atoms with Crippen LogP contribution in [-0.2, 0) is 0 Å². The lowest BCUT2D eigenvalue weighted by Crippen LogP contribution is -2.08. The van der Waals surface area contributed by atoms with Crippen LogP contribution in [0.15, 0.2) is 71.1 Å². The Hall–Kier alpha value is -3.80. The molecule has 0 aliphatic rings. The first-order chi connectivity index (χ1) is 19.2. The van der Waals surface area contributed by atoms with Gasteiger partial charge in [0.15, 0.2) is 11.3 Å². The molecule has 0 amide bonds. The van der Waals surface area contributed by atoms with Crippen LogP contribution in [0.3, 0.4) is 0 Å². The summed E-state index contributed by atoms with van der Waals surface area (Å²) >= 11 is 0. The summed E-state index contributed by atoms with van der Waals surface area (Å²) in [4.78, 5) is 17.1. The van der Waals surface area contributed by atoms with E-state index in [1.54, 1.807) is 43.5 Å². The number of aromatic nitrogens is 1. The number of benzene rings is 3. The summed E-state index contributed by atoms with van der Waals surface area (Å²) in [6.07, 6.45) is 12.9. The Morgan fingerprint density at radius 2 is 1.41 bits per heavy atom. The van der Waals surface area contributed by atoms with Crippen LogP contribution in [0.5, 0.6) is 17.2 Å². The van der Waals surface area contributed by atoms with Crippen molar-refractivity contribution in [3.8, 4) is 28.7 Å². The van der Waals surface area contributed by atoms with Crippen LogP contribution in [0, 0.1) is 0 Å². The summed E-state index contributed by atoms with van der Waals surface area (Å²) in [5, 5.41) is 0. The van der Waals surface area contributed by atoms with Crippen molar-refractivity contribution in [2.45, 2.75) is 71.1 Å². The van der Waals surface area contributed by atoms with Gasteiger partial charge in [0.1, 0.15) is 17.0 Å². The van der Waals surface area contributed by atoms with Gasteiger partial charge in [-0.05, 0) is 67.1 Å². The summed E-state index contributed by atoms with van der Waals surface area (Å²) in [6.45, 7) is 2.93. The van der Waals surface area contributed by atoms with Gasteiger partial charge in [0.2, 0.25) is 5.89 Å². The Morgan fingerprint density at radius 3 is 2.08 bits per heavy atom. The van der Waals surface area contributed by atoms with E-state index >= 15 is 0 Å². The van der Waals surface area contributed by atoms with E-state index in [2.05, 4.69) is 11.9 Å². The second kappa shape index (κ2) is 15.0. The normalized spacial score (nSPS) is 11.0. The third-order valence-corrected chi connectivity index (χ3v) is 6.77. The largest absolute Gasteiger partial charge is 0.497 e. The van der Waals surface area contributed by atoms with Crippen molar-refractivity contribution in [1.82, 2.24) is 4.98 Å². The molecule has 0 radical (unpaired) electrons. The van der Waals surface area contributed by atoms with E-state index in [0.717, 1.165) is 17.5 Å². The zero-order chi connectivity index (χ0) is 27.3. The number of unbranched alkanes of at least 4 members (excludes halogenated alkanes) is 9. The molecule has 4 aromatic rings. The quantitative estimate of drug-likeness (QED) is 0.0819. The van der Waals surface area contributed by atoms with Crippen LogP contribution >= 0.6 is 0 Å². The standard InChI is InChI=1S/C33H39NO5/c1-3-4-5-6-7-8-9-10-11-12-24-37-30-15-13-14-29-31(30)39-32(34-29)25-16-22-28(23-17-25)38-33(35)26-18-20-27(36-2)21-19-26/h13-23H,3-12,24H2,1-2H3. The van der Waals surface area contributed by atoms with Crippen molar-refractivity contribution in [3.05, 3.63) is 72.3 Å². The molecule has 6 nitrogen and oxygen atoms in total. The smallest absolute Gasteiger partial charge is 0.343 e. The molecule has 0 bridgehead atoms. The van der Waals surface area contributed by atoms with E-state index < -0.39 is 5.97 Å². The molecular weight excluding hydrogens is 490 g/mol. The Labute approximate surface area is 231 Å². The van der Waals surface area contributed by atoms with Gasteiger partial charge in [0.05, 0.1) is 19.3 Å². The van der Waals surface area contributed by atoms with Crippen molar-refractivity contribution in [2.24, 2.45) is 0 Å². The van der Waals surface area contributed by atoms with Gasteiger partial charge in [-0.25, -0.2) is 9.78 Å². The summed E-state index contributed by atoms with van der Waals surface area (Å²) in [5.74, 6) is 1.90. The highest BCUT2D eigenvalue weighted by atomic mass is 16.5. The van der Waals surface area contributed by atoms with Gasteiger partial charge in [-0.1, -0.05) is 70.8 Å². The molecule has 1 aromatic heterocycles. The van der Waals surface area contributed by atoms with Crippen molar-refractivity contribution in [3.63, 3.8) is 0 Å². The fourth-order valence-electron chi connectivity index (χ4n) is 4.49. The molecule has 4 rings (SSSR count). The third kappa shape index (κ3) is 8.34. The van der Waals surface area contributed by atoms with E-state index in [1.807, 2.05) is 30.3 Å². The lowest BCUT2D eigenvalue weighted by molar-refractivity contribution is 0.0734. The molecule has 0 aliphatic heterocycles. The highest BCUT2D eigenvalue weighted by Gasteiger charge is 2.14. The molecule has 0 spiro atoms. The number of oxazole rings is 1. The summed E-state index contributed by atoms with van der Waals surface area (Å²) in [6, 6.07) is 19.7. The number of nitrogens with zero attached hydrogens (tertiary/aromatic N) is 1. The van der Waals surface area contributed by atoms with Crippen LogP contribution < -0.4 is 14.2 Å². The summed E-state index contributed by atoms with van der Waals surface area (Å²) < 4.78 is 22.8. The monoisotopic (exact) mass is 529 g/mol. The fraction of sp³-hybridized carbons (Fsp3) is 0.394. The minimum absolute atomic E-state index is 0.434. The number of hydrogen-bond donors (Lipinski definition) is 0. The SMILES string of the molecule is CCCCCCCCCCCCOc1cccc2nc(-c3ccc(OC(=O)c4ccc(OC)cc4)cc3)oc12. The summed E-state index contributed by atoms with van der Waals surface area (Å²) in [5.41, 5.74) is 2.63. The first-order valence-electron chi connectivity index (χ1n) is 14.2. The molecule has 0 saturated heterocycles. The van der Waals surface area contributed by atoms with Gasteiger partial charge >= 0.3 is 5.97 Å². The number of rotatable bonds is 16. The molecule has 0 fully saturated rings. The maximum atomic E-state index is 12.4. The van der Waals surface area contributed by atoms with Crippen molar-refractivity contribution in [1.29, 1.82) is 0 Å². The molecule has 1 heterocycles. The number of para-hydroxylation sites is 1. The van der Waals surface area contributed by atoms with Crippen molar-refractivity contribution >= 4 is 17.1 Å². The minimum Gasteiger partial charge on any atom is -0.497 e. The Balaban J connectivity index is 1.26. The second-order valence-corrected chi connectivity index (χ2v) is 9.80. The lowest BCUT2D eigenvalue weighted by atomic mass is 10.1. The third-order valence-electron chi connectivity index (χ3n) is 6.77. The predicted molar refractivity (Wildman–Crippen MR) is 155 cm³/mol. The molecule has 206 valence electrons. The average molecular weight is 530 g/mol. The molecule has 39 heavy (non-hydrogen) atoms. The predicted octanol–water partition coefficient (Wildman–Crippen LogP) is 9.02. The molecule has 0 unspecified atom stereocenters.